The lowest BCUT2D eigenvalue weighted by molar-refractivity contribution is 0.208. The molecule has 18 heavy (non-hydrogen) atoms. The minimum atomic E-state index is -1.59. The molecule has 0 aromatic heterocycles. The highest BCUT2D eigenvalue weighted by molar-refractivity contribution is 6.30. The fourth-order valence-corrected chi connectivity index (χ4v) is 1.78. The zero-order valence-corrected chi connectivity index (χ0v) is 9.76. The van der Waals surface area contributed by atoms with E-state index in [1.807, 2.05) is 0 Å². The molecule has 0 heterocycles. The monoisotopic (exact) mass is 272 g/mol. The molecule has 1 nitrogen and oxygen atoms in total. The van der Waals surface area contributed by atoms with Crippen LogP contribution in [0.5, 0.6) is 0 Å². The molecule has 0 bridgehead atoms. The first-order valence-electron chi connectivity index (χ1n) is 5.07. The van der Waals surface area contributed by atoms with E-state index in [4.69, 9.17) is 11.6 Å². The van der Waals surface area contributed by atoms with Crippen LogP contribution in [0, 0.1) is 17.5 Å². The highest BCUT2D eigenvalue weighted by Crippen LogP contribution is 2.28. The lowest BCUT2D eigenvalue weighted by Crippen LogP contribution is -2.06. The number of hydrogen-bond acceptors (Lipinski definition) is 1. The third-order valence-electron chi connectivity index (χ3n) is 2.53. The lowest BCUT2D eigenvalue weighted by Gasteiger charge is -2.13. The first-order valence-corrected chi connectivity index (χ1v) is 5.45. The van der Waals surface area contributed by atoms with Gasteiger partial charge in [0.15, 0.2) is 11.6 Å². The van der Waals surface area contributed by atoms with Crippen LogP contribution in [-0.4, -0.2) is 5.11 Å². The van der Waals surface area contributed by atoms with Crippen LogP contribution in [0.2, 0.25) is 5.02 Å². The van der Waals surface area contributed by atoms with Crippen molar-refractivity contribution in [3.05, 3.63) is 70.0 Å². The van der Waals surface area contributed by atoms with Crippen molar-refractivity contribution in [2.24, 2.45) is 0 Å². The molecular formula is C13H8ClF3O. The Morgan fingerprint density at radius 2 is 1.67 bits per heavy atom. The first-order chi connectivity index (χ1) is 8.50. The van der Waals surface area contributed by atoms with Gasteiger partial charge in [-0.3, -0.25) is 0 Å². The molecule has 0 spiro atoms. The maximum atomic E-state index is 13.6. The minimum Gasteiger partial charge on any atom is -0.383 e. The van der Waals surface area contributed by atoms with E-state index in [1.54, 1.807) is 0 Å². The quantitative estimate of drug-likeness (QED) is 0.881. The van der Waals surface area contributed by atoms with Gasteiger partial charge in [0.2, 0.25) is 0 Å². The summed E-state index contributed by atoms with van der Waals surface area (Å²) in [4.78, 5) is 0. The van der Waals surface area contributed by atoms with Crippen LogP contribution in [0.1, 0.15) is 17.2 Å². The summed E-state index contributed by atoms with van der Waals surface area (Å²) in [7, 11) is 0. The second-order valence-electron chi connectivity index (χ2n) is 3.71. The predicted octanol–water partition coefficient (Wildman–Crippen LogP) is 3.84. The standard InChI is InChI=1S/C13H8ClF3O/c14-7-4-5-8(11(16)6-7)13(18)9-2-1-3-10(15)12(9)17/h1-6,13,18H. The van der Waals surface area contributed by atoms with E-state index < -0.39 is 23.6 Å². The van der Waals surface area contributed by atoms with Gasteiger partial charge in [-0.25, -0.2) is 13.2 Å². The van der Waals surface area contributed by atoms with Crippen LogP contribution in [-0.2, 0) is 0 Å². The van der Waals surface area contributed by atoms with Gasteiger partial charge in [0.1, 0.15) is 11.9 Å². The Balaban J connectivity index is 2.48. The van der Waals surface area contributed by atoms with Gasteiger partial charge in [0, 0.05) is 16.1 Å². The second-order valence-corrected chi connectivity index (χ2v) is 4.15. The van der Waals surface area contributed by atoms with Crippen molar-refractivity contribution < 1.29 is 18.3 Å². The topological polar surface area (TPSA) is 20.2 Å². The maximum absolute atomic E-state index is 13.6. The Kier molecular flexibility index (Phi) is 3.59. The number of aliphatic hydroxyl groups excluding tert-OH is 1. The average Bonchev–Trinajstić information content (AvgIpc) is 2.32. The lowest BCUT2D eigenvalue weighted by atomic mass is 10.0. The van der Waals surface area contributed by atoms with E-state index >= 15 is 0 Å². The van der Waals surface area contributed by atoms with Gasteiger partial charge in [-0.2, -0.15) is 0 Å². The van der Waals surface area contributed by atoms with Crippen molar-refractivity contribution in [1.29, 1.82) is 0 Å². The van der Waals surface area contributed by atoms with Gasteiger partial charge in [-0.15, -0.1) is 0 Å². The van der Waals surface area contributed by atoms with Gasteiger partial charge >= 0.3 is 0 Å². The van der Waals surface area contributed by atoms with E-state index in [0.717, 1.165) is 12.1 Å². The summed E-state index contributed by atoms with van der Waals surface area (Å²) >= 11 is 5.57. The number of aliphatic hydroxyl groups is 1. The molecule has 1 atom stereocenters. The van der Waals surface area contributed by atoms with Crippen molar-refractivity contribution in [3.63, 3.8) is 0 Å². The highest BCUT2D eigenvalue weighted by atomic mass is 35.5. The molecule has 0 saturated carbocycles. The third-order valence-corrected chi connectivity index (χ3v) is 2.77. The van der Waals surface area contributed by atoms with Crippen LogP contribution in [0.15, 0.2) is 36.4 Å². The molecule has 0 radical (unpaired) electrons. The van der Waals surface area contributed by atoms with Gasteiger partial charge in [0.25, 0.3) is 0 Å². The van der Waals surface area contributed by atoms with E-state index in [0.29, 0.717) is 0 Å². The second kappa shape index (κ2) is 5.00. The SMILES string of the molecule is OC(c1ccc(Cl)cc1F)c1cccc(F)c1F. The van der Waals surface area contributed by atoms with Crippen LogP contribution < -0.4 is 0 Å². The number of benzene rings is 2. The molecule has 0 aliphatic rings. The van der Waals surface area contributed by atoms with Crippen molar-refractivity contribution >= 4 is 11.6 Å². The molecule has 2 aromatic carbocycles. The Morgan fingerprint density at radius 3 is 2.33 bits per heavy atom. The predicted molar refractivity (Wildman–Crippen MR) is 61.8 cm³/mol. The van der Waals surface area contributed by atoms with E-state index in [9.17, 15) is 18.3 Å². The smallest absolute Gasteiger partial charge is 0.164 e. The Morgan fingerprint density at radius 1 is 0.944 bits per heavy atom. The molecular weight excluding hydrogens is 265 g/mol. The Hall–Kier alpha value is -1.52. The van der Waals surface area contributed by atoms with Gasteiger partial charge < -0.3 is 5.11 Å². The first kappa shape index (κ1) is 12.9. The maximum Gasteiger partial charge on any atom is 0.164 e. The van der Waals surface area contributed by atoms with Crippen LogP contribution in [0.3, 0.4) is 0 Å². The summed E-state index contributed by atoms with van der Waals surface area (Å²) < 4.78 is 40.0. The Labute approximate surface area is 106 Å². The van der Waals surface area contributed by atoms with Crippen LogP contribution in [0.25, 0.3) is 0 Å². The van der Waals surface area contributed by atoms with Crippen molar-refractivity contribution in [1.82, 2.24) is 0 Å². The Bertz CT molecular complexity index is 586. The van der Waals surface area contributed by atoms with Crippen molar-refractivity contribution in [2.75, 3.05) is 0 Å². The molecule has 1 unspecified atom stereocenters. The zero-order chi connectivity index (χ0) is 13.3. The molecule has 2 rings (SSSR count). The molecule has 5 heteroatoms. The highest BCUT2D eigenvalue weighted by Gasteiger charge is 2.20. The summed E-state index contributed by atoms with van der Waals surface area (Å²) in [6.45, 7) is 0. The van der Waals surface area contributed by atoms with Crippen LogP contribution >= 0.6 is 11.6 Å². The summed E-state index contributed by atoms with van der Waals surface area (Å²) in [6, 6.07) is 6.94. The van der Waals surface area contributed by atoms with E-state index in [-0.39, 0.29) is 16.1 Å². The van der Waals surface area contributed by atoms with E-state index in [1.165, 1.54) is 24.3 Å². The van der Waals surface area contributed by atoms with Gasteiger partial charge in [-0.1, -0.05) is 29.8 Å². The van der Waals surface area contributed by atoms with E-state index in [2.05, 4.69) is 0 Å². The third kappa shape index (κ3) is 2.35. The number of hydrogen-bond donors (Lipinski definition) is 1. The summed E-state index contributed by atoms with van der Waals surface area (Å²) in [5.74, 6) is -3.07. The summed E-state index contributed by atoms with van der Waals surface area (Å²) in [5, 5.41) is 10.0. The molecule has 1 N–H and O–H groups in total. The van der Waals surface area contributed by atoms with Crippen molar-refractivity contribution in [3.8, 4) is 0 Å². The molecule has 0 aliphatic carbocycles. The molecule has 0 fully saturated rings. The molecule has 2 aromatic rings. The zero-order valence-electron chi connectivity index (χ0n) is 9.00. The number of halogens is 4. The average molecular weight is 273 g/mol. The fraction of sp³-hybridized carbons (Fsp3) is 0.0769. The summed E-state index contributed by atoms with van der Waals surface area (Å²) in [5.41, 5.74) is -0.486. The minimum absolute atomic E-state index is 0.156. The summed E-state index contributed by atoms with van der Waals surface area (Å²) in [6.07, 6.45) is -1.59. The molecule has 0 saturated heterocycles. The van der Waals surface area contributed by atoms with Gasteiger partial charge in [0.05, 0.1) is 0 Å². The fourth-order valence-electron chi connectivity index (χ4n) is 1.62. The largest absolute Gasteiger partial charge is 0.383 e. The van der Waals surface area contributed by atoms with Gasteiger partial charge in [-0.05, 0) is 18.2 Å². The van der Waals surface area contributed by atoms with Crippen molar-refractivity contribution in [2.45, 2.75) is 6.10 Å². The normalized spacial score (nSPS) is 12.5. The number of rotatable bonds is 2. The molecule has 0 amide bonds. The molecule has 94 valence electrons. The van der Waals surface area contributed by atoms with Crippen LogP contribution in [0.4, 0.5) is 13.2 Å². The molecule has 0 aliphatic heterocycles.